The van der Waals surface area contributed by atoms with E-state index in [0.717, 1.165) is 31.0 Å². The predicted octanol–water partition coefficient (Wildman–Crippen LogP) is 4.29. The number of anilines is 3. The van der Waals surface area contributed by atoms with Gasteiger partial charge < -0.3 is 36.0 Å². The van der Waals surface area contributed by atoms with Gasteiger partial charge in [-0.15, -0.1) is 0 Å². The Bertz CT molecular complexity index is 1280. The summed E-state index contributed by atoms with van der Waals surface area (Å²) < 4.78 is 6.59. The highest BCUT2D eigenvalue weighted by molar-refractivity contribution is 5.94. The summed E-state index contributed by atoms with van der Waals surface area (Å²) in [6.07, 6.45) is 5.29. The first-order chi connectivity index (χ1) is 21.1. The molecule has 10 heteroatoms. The topological polar surface area (TPSA) is 137 Å². The minimum absolute atomic E-state index is 0.0579. The molecule has 2 aromatic carbocycles. The summed E-state index contributed by atoms with van der Waals surface area (Å²) >= 11 is 0. The molecule has 1 heterocycles. The van der Waals surface area contributed by atoms with Crippen LogP contribution in [0.3, 0.4) is 0 Å². The van der Waals surface area contributed by atoms with Crippen molar-refractivity contribution in [1.82, 2.24) is 9.80 Å². The van der Waals surface area contributed by atoms with E-state index in [4.69, 9.17) is 10.5 Å². The van der Waals surface area contributed by atoms with E-state index in [1.54, 1.807) is 17.0 Å². The second-order valence-electron chi connectivity index (χ2n) is 12.6. The van der Waals surface area contributed by atoms with Gasteiger partial charge in [-0.3, -0.25) is 14.4 Å². The Labute approximate surface area is 261 Å². The molecule has 1 fully saturated rings. The number of benzene rings is 2. The van der Waals surface area contributed by atoms with Crippen LogP contribution in [0.15, 0.2) is 42.5 Å². The molecule has 0 bridgehead atoms. The van der Waals surface area contributed by atoms with E-state index in [1.165, 1.54) is 12.8 Å². The first kappa shape index (κ1) is 33.3. The van der Waals surface area contributed by atoms with Gasteiger partial charge in [0.1, 0.15) is 11.9 Å². The second-order valence-corrected chi connectivity index (χ2v) is 12.6. The van der Waals surface area contributed by atoms with Crippen LogP contribution < -0.4 is 21.1 Å². The summed E-state index contributed by atoms with van der Waals surface area (Å²) in [6.45, 7) is 6.14. The number of nitrogens with zero attached hydrogens (tertiary/aromatic N) is 2. The summed E-state index contributed by atoms with van der Waals surface area (Å²) in [4.78, 5) is 42.5. The lowest BCUT2D eigenvalue weighted by Gasteiger charge is -2.34. The summed E-state index contributed by atoms with van der Waals surface area (Å²) in [5, 5.41) is 15.7. The Morgan fingerprint density at radius 1 is 1.07 bits per heavy atom. The van der Waals surface area contributed by atoms with Crippen LogP contribution in [0.4, 0.5) is 17.1 Å². The summed E-state index contributed by atoms with van der Waals surface area (Å²) in [5.74, 6) is 1.18. The molecule has 3 atom stereocenters. The number of hydrogen-bond acceptors (Lipinski definition) is 7. The lowest BCUT2D eigenvalue weighted by atomic mass is 10.0. The number of ether oxygens (including phenoxy) is 1. The highest BCUT2D eigenvalue weighted by atomic mass is 16.5. The number of carbonyl (C=O) groups is 3. The molecule has 0 radical (unpaired) electrons. The Morgan fingerprint density at radius 2 is 1.77 bits per heavy atom. The largest absolute Gasteiger partial charge is 0.488 e. The van der Waals surface area contributed by atoms with Crippen LogP contribution in [0.1, 0.15) is 64.4 Å². The van der Waals surface area contributed by atoms with Crippen molar-refractivity contribution in [2.45, 2.75) is 77.4 Å². The van der Waals surface area contributed by atoms with Gasteiger partial charge in [0.2, 0.25) is 17.7 Å². The maximum Gasteiger partial charge on any atom is 0.227 e. The van der Waals surface area contributed by atoms with E-state index in [2.05, 4.69) is 29.5 Å². The van der Waals surface area contributed by atoms with Gasteiger partial charge in [0, 0.05) is 49.6 Å². The number of aliphatic hydroxyl groups is 1. The number of nitrogens with two attached hydrogens (primary N) is 1. The molecular weight excluding hydrogens is 558 g/mol. The minimum Gasteiger partial charge on any atom is -0.488 e. The lowest BCUT2D eigenvalue weighted by molar-refractivity contribution is -0.134. The molecule has 1 aliphatic carbocycles. The molecular formula is C34H49N5O5. The second kappa shape index (κ2) is 15.9. The Kier molecular flexibility index (Phi) is 12.0. The van der Waals surface area contributed by atoms with Crippen LogP contribution >= 0.6 is 0 Å². The Morgan fingerprint density at radius 3 is 2.45 bits per heavy atom. The van der Waals surface area contributed by atoms with E-state index in [9.17, 15) is 19.5 Å². The number of fused-ring (bicyclic) bond motifs is 1. The molecule has 5 N–H and O–H groups in total. The minimum atomic E-state index is -0.304. The molecule has 0 spiro atoms. The van der Waals surface area contributed by atoms with Gasteiger partial charge in [-0.2, -0.15) is 0 Å². The van der Waals surface area contributed by atoms with Gasteiger partial charge in [-0.25, -0.2) is 0 Å². The van der Waals surface area contributed by atoms with E-state index >= 15 is 0 Å². The molecule has 1 saturated carbocycles. The molecule has 3 amide bonds. The highest BCUT2D eigenvalue weighted by Crippen LogP contribution is 2.31. The molecule has 0 saturated heterocycles. The van der Waals surface area contributed by atoms with Gasteiger partial charge in [0.05, 0.1) is 30.4 Å². The monoisotopic (exact) mass is 607 g/mol. The maximum atomic E-state index is 13.4. The molecule has 2 aliphatic rings. The molecule has 4 rings (SSSR count). The molecule has 10 nitrogen and oxygen atoms in total. The number of amides is 3. The van der Waals surface area contributed by atoms with Crippen molar-refractivity contribution in [3.63, 3.8) is 0 Å². The van der Waals surface area contributed by atoms with Crippen molar-refractivity contribution in [2.75, 3.05) is 49.7 Å². The number of hydrogen-bond donors (Lipinski definition) is 4. The van der Waals surface area contributed by atoms with Crippen molar-refractivity contribution in [1.29, 1.82) is 0 Å². The van der Waals surface area contributed by atoms with Crippen molar-refractivity contribution >= 4 is 34.8 Å². The Hall–Kier alpha value is -3.63. The number of nitrogens with one attached hydrogen (secondary N) is 2. The van der Waals surface area contributed by atoms with E-state index in [1.807, 2.05) is 37.3 Å². The number of carbonyl (C=O) groups excluding carboxylic acids is 3. The standard InChI is InChI=1S/C34H49N5O5/c1-23-19-39(24(2)22-40)34(43)18-26-17-27(15-16-30(26)44-31(23)21-38(3)20-25-13-14-25)36-32(41)11-5-4-6-12-33(42)37-29-10-8-7-9-28(29)35/h7-10,15-17,23-25,31,40H,4-6,11-14,18-22,35H2,1-3H3,(H,36,41)(H,37,42)/t23-,24+,31-/m1/s1. The zero-order valence-corrected chi connectivity index (χ0v) is 26.4. The third-order valence-corrected chi connectivity index (χ3v) is 8.50. The fourth-order valence-corrected chi connectivity index (χ4v) is 5.64. The third kappa shape index (κ3) is 9.95. The quantitative estimate of drug-likeness (QED) is 0.186. The number of unbranched alkanes of at least 4 members (excludes halogenated alkanes) is 2. The molecule has 1 aliphatic heterocycles. The van der Waals surface area contributed by atoms with Crippen molar-refractivity contribution in [2.24, 2.45) is 11.8 Å². The van der Waals surface area contributed by atoms with Gasteiger partial charge in [-0.1, -0.05) is 25.5 Å². The normalized spacial score (nSPS) is 19.3. The fourth-order valence-electron chi connectivity index (χ4n) is 5.64. The summed E-state index contributed by atoms with van der Waals surface area (Å²) in [7, 11) is 2.12. The SMILES string of the molecule is C[C@@H]1CN([C@@H](C)CO)C(=O)Cc2cc(NC(=O)CCCCCC(=O)Nc3ccccc3N)ccc2O[C@@H]1CN(C)CC1CC1. The summed E-state index contributed by atoms with van der Waals surface area (Å²) in [5.41, 5.74) is 8.35. The zero-order chi connectivity index (χ0) is 31.6. The Balaban J connectivity index is 1.33. The van der Waals surface area contributed by atoms with Crippen LogP contribution in [-0.4, -0.2) is 78.1 Å². The van der Waals surface area contributed by atoms with Crippen molar-refractivity contribution in [3.05, 3.63) is 48.0 Å². The van der Waals surface area contributed by atoms with Crippen molar-refractivity contribution < 1.29 is 24.2 Å². The first-order valence-corrected chi connectivity index (χ1v) is 16.0. The zero-order valence-electron chi connectivity index (χ0n) is 26.4. The number of aliphatic hydroxyl groups excluding tert-OH is 1. The maximum absolute atomic E-state index is 13.4. The lowest BCUT2D eigenvalue weighted by Crippen LogP contribution is -2.47. The molecule has 44 heavy (non-hydrogen) atoms. The van der Waals surface area contributed by atoms with Gasteiger partial charge in [-0.05, 0) is 75.9 Å². The smallest absolute Gasteiger partial charge is 0.227 e. The third-order valence-electron chi connectivity index (χ3n) is 8.50. The predicted molar refractivity (Wildman–Crippen MR) is 173 cm³/mol. The number of nitrogen functional groups attached to an aromatic ring is 1. The molecule has 0 unspecified atom stereocenters. The van der Waals surface area contributed by atoms with Crippen molar-refractivity contribution in [3.8, 4) is 5.75 Å². The average molecular weight is 608 g/mol. The van der Waals surface area contributed by atoms with E-state index in [-0.39, 0.29) is 48.8 Å². The van der Waals surface area contributed by atoms with Gasteiger partial charge in [0.15, 0.2) is 0 Å². The van der Waals surface area contributed by atoms with Gasteiger partial charge in [0.25, 0.3) is 0 Å². The van der Waals surface area contributed by atoms with Crippen LogP contribution in [-0.2, 0) is 20.8 Å². The number of likely N-dealkylation sites (N-methyl/N-ethyl adjacent to an activating group) is 1. The first-order valence-electron chi connectivity index (χ1n) is 16.0. The van der Waals surface area contributed by atoms with E-state index < -0.39 is 0 Å². The van der Waals surface area contributed by atoms with E-state index in [0.29, 0.717) is 55.0 Å². The van der Waals surface area contributed by atoms with Crippen LogP contribution in [0.2, 0.25) is 0 Å². The fraction of sp³-hybridized carbons (Fsp3) is 0.559. The number of para-hydroxylation sites is 2. The van der Waals surface area contributed by atoms with Crippen LogP contribution in [0, 0.1) is 11.8 Å². The summed E-state index contributed by atoms with van der Waals surface area (Å²) in [6, 6.07) is 12.3. The van der Waals surface area contributed by atoms with Crippen LogP contribution in [0.25, 0.3) is 0 Å². The van der Waals surface area contributed by atoms with Gasteiger partial charge >= 0.3 is 0 Å². The molecule has 2 aromatic rings. The van der Waals surface area contributed by atoms with Crippen LogP contribution in [0.5, 0.6) is 5.75 Å². The molecule has 0 aromatic heterocycles. The molecule has 240 valence electrons. The highest BCUT2D eigenvalue weighted by Gasteiger charge is 2.32. The average Bonchev–Trinajstić information content (AvgIpc) is 3.80. The number of rotatable bonds is 14.